The number of aromatic nitrogens is 2. The van der Waals surface area contributed by atoms with Crippen molar-refractivity contribution in [3.63, 3.8) is 0 Å². The zero-order valence-electron chi connectivity index (χ0n) is 15.2. The van der Waals surface area contributed by atoms with E-state index in [4.69, 9.17) is 0 Å². The molecule has 0 atom stereocenters. The highest BCUT2D eigenvalue weighted by molar-refractivity contribution is 5.74. The maximum Gasteiger partial charge on any atom is 0.317 e. The molecular formula is C19H28N4O. The number of nitrogens with one attached hydrogen (secondary N) is 1. The number of urea groups is 1. The Kier molecular flexibility index (Phi) is 6.41. The first-order valence-electron chi connectivity index (χ1n) is 8.59. The summed E-state index contributed by atoms with van der Waals surface area (Å²) in [5, 5.41) is 7.45. The van der Waals surface area contributed by atoms with Crippen molar-refractivity contribution in [3.8, 4) is 0 Å². The van der Waals surface area contributed by atoms with Crippen LogP contribution in [0.5, 0.6) is 0 Å². The van der Waals surface area contributed by atoms with Gasteiger partial charge in [0, 0.05) is 31.9 Å². The highest BCUT2D eigenvalue weighted by atomic mass is 16.2. The summed E-state index contributed by atoms with van der Waals surface area (Å²) in [7, 11) is 0. The highest BCUT2D eigenvalue weighted by Gasteiger charge is 2.11. The fraction of sp³-hybridized carbons (Fsp3) is 0.474. The monoisotopic (exact) mass is 328 g/mol. The van der Waals surface area contributed by atoms with E-state index in [1.807, 2.05) is 29.5 Å². The van der Waals surface area contributed by atoms with Crippen LogP contribution in [0.25, 0.3) is 0 Å². The average molecular weight is 328 g/mol. The molecule has 1 aromatic carbocycles. The van der Waals surface area contributed by atoms with Crippen molar-refractivity contribution in [1.29, 1.82) is 0 Å². The van der Waals surface area contributed by atoms with Crippen molar-refractivity contribution < 1.29 is 4.79 Å². The fourth-order valence-corrected chi connectivity index (χ4v) is 2.80. The summed E-state index contributed by atoms with van der Waals surface area (Å²) in [6.45, 7) is 10.9. The van der Waals surface area contributed by atoms with Crippen molar-refractivity contribution in [1.82, 2.24) is 20.0 Å². The zero-order chi connectivity index (χ0) is 17.5. The molecule has 2 amide bonds. The third-order valence-corrected chi connectivity index (χ3v) is 4.05. The van der Waals surface area contributed by atoms with Crippen LogP contribution in [-0.2, 0) is 13.1 Å². The lowest BCUT2D eigenvalue weighted by molar-refractivity contribution is 0.198. The minimum absolute atomic E-state index is 0.00706. The maximum atomic E-state index is 12.3. The number of nitrogens with zero attached hydrogens (tertiary/aromatic N) is 3. The average Bonchev–Trinajstić information content (AvgIpc) is 2.86. The summed E-state index contributed by atoms with van der Waals surface area (Å²) in [5.41, 5.74) is 4.57. The Hall–Kier alpha value is -2.30. The molecule has 0 bridgehead atoms. The van der Waals surface area contributed by atoms with E-state index in [0.29, 0.717) is 19.6 Å². The smallest absolute Gasteiger partial charge is 0.317 e. The van der Waals surface area contributed by atoms with Crippen molar-refractivity contribution in [3.05, 3.63) is 52.8 Å². The van der Waals surface area contributed by atoms with Crippen LogP contribution in [-0.4, -0.2) is 33.8 Å². The molecule has 5 nitrogen and oxygen atoms in total. The standard InChI is InChI=1S/C19H28N4O/c1-5-22(14-18-9-6-8-15(2)12-18)19(24)20-10-7-11-23-17(4)13-16(3)21-23/h6,8-9,12-13H,5,7,10-11,14H2,1-4H3,(H,20,24). The van der Waals surface area contributed by atoms with Gasteiger partial charge in [0.15, 0.2) is 0 Å². The first-order valence-corrected chi connectivity index (χ1v) is 8.59. The SMILES string of the molecule is CCN(Cc1cccc(C)c1)C(=O)NCCCn1nc(C)cc1C. The van der Waals surface area contributed by atoms with E-state index >= 15 is 0 Å². The number of rotatable bonds is 7. The van der Waals surface area contributed by atoms with E-state index in [1.165, 1.54) is 5.56 Å². The van der Waals surface area contributed by atoms with Crippen LogP contribution in [0.1, 0.15) is 35.9 Å². The van der Waals surface area contributed by atoms with Gasteiger partial charge < -0.3 is 10.2 Å². The molecule has 0 saturated carbocycles. The second-order valence-corrected chi connectivity index (χ2v) is 6.24. The highest BCUT2D eigenvalue weighted by Crippen LogP contribution is 2.08. The lowest BCUT2D eigenvalue weighted by Gasteiger charge is -2.21. The number of carbonyl (C=O) groups is 1. The summed E-state index contributed by atoms with van der Waals surface area (Å²) < 4.78 is 1.99. The Morgan fingerprint density at radius 3 is 2.67 bits per heavy atom. The Balaban J connectivity index is 1.78. The summed E-state index contributed by atoms with van der Waals surface area (Å²) in [4.78, 5) is 14.2. The van der Waals surface area contributed by atoms with Crippen LogP contribution in [0, 0.1) is 20.8 Å². The number of benzene rings is 1. The van der Waals surface area contributed by atoms with Crippen molar-refractivity contribution >= 4 is 6.03 Å². The van der Waals surface area contributed by atoms with Crippen LogP contribution < -0.4 is 5.32 Å². The van der Waals surface area contributed by atoms with Gasteiger partial charge in [0.05, 0.1) is 5.69 Å². The van der Waals surface area contributed by atoms with Crippen LogP contribution in [0.2, 0.25) is 0 Å². The Morgan fingerprint density at radius 2 is 2.04 bits per heavy atom. The molecule has 0 aliphatic rings. The molecule has 0 aliphatic carbocycles. The van der Waals surface area contributed by atoms with Gasteiger partial charge in [-0.3, -0.25) is 4.68 Å². The molecule has 0 unspecified atom stereocenters. The predicted molar refractivity (Wildman–Crippen MR) is 97.0 cm³/mol. The number of hydrogen-bond donors (Lipinski definition) is 1. The minimum Gasteiger partial charge on any atom is -0.338 e. The zero-order valence-corrected chi connectivity index (χ0v) is 15.2. The maximum absolute atomic E-state index is 12.3. The molecule has 0 radical (unpaired) electrons. The quantitative estimate of drug-likeness (QED) is 0.792. The molecule has 0 saturated heterocycles. The molecule has 0 spiro atoms. The first-order chi connectivity index (χ1) is 11.5. The normalized spacial score (nSPS) is 10.7. The van der Waals surface area contributed by atoms with Crippen LogP contribution in [0.15, 0.2) is 30.3 Å². The lowest BCUT2D eigenvalue weighted by Crippen LogP contribution is -2.40. The molecule has 2 rings (SSSR count). The molecule has 0 fully saturated rings. The van der Waals surface area contributed by atoms with Gasteiger partial charge in [-0.05, 0) is 45.7 Å². The van der Waals surface area contributed by atoms with Gasteiger partial charge in [0.1, 0.15) is 0 Å². The summed E-state index contributed by atoms with van der Waals surface area (Å²) in [6, 6.07) is 10.3. The van der Waals surface area contributed by atoms with E-state index in [9.17, 15) is 4.79 Å². The lowest BCUT2D eigenvalue weighted by atomic mass is 10.1. The van der Waals surface area contributed by atoms with E-state index < -0.39 is 0 Å². The third kappa shape index (κ3) is 5.11. The van der Waals surface area contributed by atoms with Crippen LogP contribution >= 0.6 is 0 Å². The van der Waals surface area contributed by atoms with Gasteiger partial charge in [0.25, 0.3) is 0 Å². The summed E-state index contributed by atoms with van der Waals surface area (Å²) >= 11 is 0. The number of carbonyl (C=O) groups excluding carboxylic acids is 1. The molecular weight excluding hydrogens is 300 g/mol. The summed E-state index contributed by atoms with van der Waals surface area (Å²) in [5.74, 6) is 0. The van der Waals surface area contributed by atoms with Crippen LogP contribution in [0.3, 0.4) is 0 Å². The van der Waals surface area contributed by atoms with Crippen molar-refractivity contribution in [2.24, 2.45) is 0 Å². The van der Waals surface area contributed by atoms with E-state index in [2.05, 4.69) is 48.5 Å². The summed E-state index contributed by atoms with van der Waals surface area (Å²) in [6.07, 6.45) is 0.871. The predicted octanol–water partition coefficient (Wildman–Crippen LogP) is 3.43. The Morgan fingerprint density at radius 1 is 1.25 bits per heavy atom. The second-order valence-electron chi connectivity index (χ2n) is 6.24. The minimum atomic E-state index is -0.00706. The molecule has 130 valence electrons. The molecule has 5 heteroatoms. The van der Waals surface area contributed by atoms with Gasteiger partial charge in [-0.1, -0.05) is 29.8 Å². The van der Waals surface area contributed by atoms with E-state index in [-0.39, 0.29) is 6.03 Å². The fourth-order valence-electron chi connectivity index (χ4n) is 2.80. The van der Waals surface area contributed by atoms with Crippen molar-refractivity contribution in [2.75, 3.05) is 13.1 Å². The van der Waals surface area contributed by atoms with Gasteiger partial charge >= 0.3 is 6.03 Å². The molecule has 1 N–H and O–H groups in total. The first kappa shape index (κ1) is 18.0. The largest absolute Gasteiger partial charge is 0.338 e. The number of hydrogen-bond acceptors (Lipinski definition) is 2. The second kappa shape index (κ2) is 8.52. The van der Waals surface area contributed by atoms with Crippen LogP contribution in [0.4, 0.5) is 4.79 Å². The van der Waals surface area contributed by atoms with Crippen molar-refractivity contribution in [2.45, 2.75) is 47.2 Å². The number of amides is 2. The van der Waals surface area contributed by atoms with Gasteiger partial charge in [-0.15, -0.1) is 0 Å². The van der Waals surface area contributed by atoms with Gasteiger partial charge in [-0.2, -0.15) is 5.10 Å². The Labute approximate surface area is 144 Å². The van der Waals surface area contributed by atoms with Gasteiger partial charge in [-0.25, -0.2) is 4.79 Å². The molecule has 1 heterocycles. The molecule has 0 aliphatic heterocycles. The van der Waals surface area contributed by atoms with Gasteiger partial charge in [0.2, 0.25) is 0 Å². The third-order valence-electron chi connectivity index (χ3n) is 4.05. The molecule has 2 aromatic rings. The molecule has 24 heavy (non-hydrogen) atoms. The topological polar surface area (TPSA) is 50.2 Å². The number of aryl methyl sites for hydroxylation is 4. The Bertz CT molecular complexity index is 678. The molecule has 1 aromatic heterocycles. The van der Waals surface area contributed by atoms with E-state index in [1.54, 1.807) is 0 Å². The van der Waals surface area contributed by atoms with E-state index in [0.717, 1.165) is 29.9 Å².